The van der Waals surface area contributed by atoms with Crippen LogP contribution in [0, 0.1) is 17.3 Å². The van der Waals surface area contributed by atoms with Gasteiger partial charge in [0.1, 0.15) is 12.1 Å². The fourth-order valence-electron chi connectivity index (χ4n) is 5.23. The summed E-state index contributed by atoms with van der Waals surface area (Å²) in [5.74, 6) is 0.0962. The lowest BCUT2D eigenvalue weighted by Gasteiger charge is -2.36. The van der Waals surface area contributed by atoms with E-state index in [1.165, 1.54) is 11.1 Å². The van der Waals surface area contributed by atoms with Crippen LogP contribution < -0.4 is 16.0 Å². The van der Waals surface area contributed by atoms with Gasteiger partial charge in [-0.3, -0.25) is 14.4 Å². The second-order valence-corrected chi connectivity index (χ2v) is 11.7. The minimum atomic E-state index is -0.720. The average Bonchev–Trinajstić information content (AvgIpc) is 3.27. The van der Waals surface area contributed by atoms with Crippen molar-refractivity contribution in [3.63, 3.8) is 0 Å². The number of likely N-dealkylation sites (N-methyl/N-ethyl adjacent to an activating group) is 1. The van der Waals surface area contributed by atoms with Crippen molar-refractivity contribution in [3.05, 3.63) is 35.4 Å². The van der Waals surface area contributed by atoms with Crippen molar-refractivity contribution >= 4 is 17.7 Å². The van der Waals surface area contributed by atoms with Crippen molar-refractivity contribution in [2.45, 2.75) is 91.4 Å². The Labute approximate surface area is 210 Å². The average molecular weight is 485 g/mol. The molecule has 1 fully saturated rings. The molecule has 0 spiro atoms. The topological polar surface area (TPSA) is 90.5 Å². The quantitative estimate of drug-likeness (QED) is 0.554. The van der Waals surface area contributed by atoms with Crippen molar-refractivity contribution in [2.24, 2.45) is 17.3 Å². The Morgan fingerprint density at radius 2 is 1.77 bits per heavy atom. The van der Waals surface area contributed by atoms with E-state index in [1.54, 1.807) is 18.9 Å². The number of hydrogen-bond donors (Lipinski definition) is 3. The number of benzene rings is 1. The Bertz CT molecular complexity index is 923. The first-order valence-corrected chi connectivity index (χ1v) is 13.1. The number of nitrogens with zero attached hydrogens (tertiary/aromatic N) is 1. The smallest absolute Gasteiger partial charge is 0.246 e. The van der Waals surface area contributed by atoms with Gasteiger partial charge in [-0.15, -0.1) is 0 Å². The van der Waals surface area contributed by atoms with E-state index in [9.17, 15) is 14.4 Å². The first-order valence-electron chi connectivity index (χ1n) is 13.1. The third-order valence-electron chi connectivity index (χ3n) is 7.77. The van der Waals surface area contributed by atoms with Gasteiger partial charge >= 0.3 is 0 Å². The van der Waals surface area contributed by atoms with E-state index in [0.29, 0.717) is 18.9 Å². The van der Waals surface area contributed by atoms with Gasteiger partial charge < -0.3 is 20.9 Å². The van der Waals surface area contributed by atoms with Crippen molar-refractivity contribution in [1.29, 1.82) is 0 Å². The second kappa shape index (κ2) is 11.1. The molecule has 0 saturated carbocycles. The van der Waals surface area contributed by atoms with Gasteiger partial charge in [0.05, 0.1) is 12.1 Å². The lowest BCUT2D eigenvalue weighted by molar-refractivity contribution is -0.144. The highest BCUT2D eigenvalue weighted by atomic mass is 16.2. The van der Waals surface area contributed by atoms with E-state index in [-0.39, 0.29) is 29.7 Å². The molecule has 1 aromatic rings. The second-order valence-electron chi connectivity index (χ2n) is 11.7. The minimum Gasteiger partial charge on any atom is -0.347 e. The Hall–Kier alpha value is -2.41. The van der Waals surface area contributed by atoms with E-state index < -0.39 is 23.5 Å². The summed E-state index contributed by atoms with van der Waals surface area (Å²) >= 11 is 0. The summed E-state index contributed by atoms with van der Waals surface area (Å²) in [6.45, 7) is 12.4. The fourth-order valence-corrected chi connectivity index (χ4v) is 5.23. The van der Waals surface area contributed by atoms with Gasteiger partial charge in [-0.1, -0.05) is 58.9 Å². The number of carbonyl (C=O) groups excluding carboxylic acids is 3. The molecule has 1 saturated heterocycles. The Kier molecular flexibility index (Phi) is 8.63. The molecule has 1 heterocycles. The molecule has 7 nitrogen and oxygen atoms in total. The van der Waals surface area contributed by atoms with Crippen LogP contribution in [0.3, 0.4) is 0 Å². The van der Waals surface area contributed by atoms with Crippen LogP contribution in [-0.4, -0.2) is 54.3 Å². The lowest BCUT2D eigenvalue weighted by Crippen LogP contribution is -2.59. The number of likely N-dealkylation sites (tertiary alicyclic amines) is 1. The highest BCUT2D eigenvalue weighted by Crippen LogP contribution is 2.34. The van der Waals surface area contributed by atoms with Crippen molar-refractivity contribution in [3.8, 4) is 0 Å². The molecule has 3 rings (SSSR count). The monoisotopic (exact) mass is 484 g/mol. The normalized spacial score (nSPS) is 24.0. The zero-order chi connectivity index (χ0) is 25.9. The lowest BCUT2D eigenvalue weighted by atomic mass is 9.85. The number of rotatable bonds is 7. The number of amides is 3. The van der Waals surface area contributed by atoms with Gasteiger partial charge in [-0.2, -0.15) is 0 Å². The summed E-state index contributed by atoms with van der Waals surface area (Å²) in [4.78, 5) is 42.0. The predicted octanol–water partition coefficient (Wildman–Crippen LogP) is 3.19. The van der Waals surface area contributed by atoms with E-state index in [2.05, 4.69) is 41.9 Å². The van der Waals surface area contributed by atoms with E-state index in [0.717, 1.165) is 19.3 Å². The molecule has 3 N–H and O–H groups in total. The van der Waals surface area contributed by atoms with Crippen LogP contribution in [0.1, 0.15) is 78.0 Å². The fraction of sp³-hybridized carbons (Fsp3) is 0.679. The summed E-state index contributed by atoms with van der Waals surface area (Å²) in [6.07, 6.45) is 3.61. The van der Waals surface area contributed by atoms with Crippen LogP contribution in [0.5, 0.6) is 0 Å². The molecule has 3 amide bonds. The molecule has 2 aliphatic rings. The summed E-state index contributed by atoms with van der Waals surface area (Å²) in [6, 6.07) is 6.60. The standard InChI is InChI=1S/C28H44N4O3/c1-17(2)20-15-23(26(34)30-22-14-10-12-19-11-8-9-13-21(19)22)32(16-20)27(35)24(28(4,5)6)31-25(33)18(3)29-7/h8-9,11,13,17-18,20,22-24,29H,10,12,14-16H2,1-7H3,(H,30,34)(H,31,33). The Balaban J connectivity index is 1.84. The number of fused-ring (bicyclic) bond motifs is 1. The van der Waals surface area contributed by atoms with Crippen LogP contribution >= 0.6 is 0 Å². The number of aryl methyl sites for hydroxylation is 1. The van der Waals surface area contributed by atoms with E-state index in [1.807, 2.05) is 32.9 Å². The largest absolute Gasteiger partial charge is 0.347 e. The van der Waals surface area contributed by atoms with Gasteiger partial charge in [-0.25, -0.2) is 0 Å². The third-order valence-corrected chi connectivity index (χ3v) is 7.77. The van der Waals surface area contributed by atoms with Gasteiger partial charge in [0.25, 0.3) is 0 Å². The molecule has 0 aromatic heterocycles. The first-order chi connectivity index (χ1) is 16.4. The maximum Gasteiger partial charge on any atom is 0.246 e. The summed E-state index contributed by atoms with van der Waals surface area (Å²) in [7, 11) is 1.72. The maximum absolute atomic E-state index is 13.9. The summed E-state index contributed by atoms with van der Waals surface area (Å²) in [5, 5.41) is 9.17. The molecular weight excluding hydrogens is 440 g/mol. The number of carbonyl (C=O) groups is 3. The number of hydrogen-bond acceptors (Lipinski definition) is 4. The zero-order valence-corrected chi connectivity index (χ0v) is 22.5. The van der Waals surface area contributed by atoms with Crippen molar-refractivity contribution in [1.82, 2.24) is 20.9 Å². The highest BCUT2D eigenvalue weighted by molar-refractivity contribution is 5.94. The number of nitrogens with one attached hydrogen (secondary N) is 3. The molecule has 35 heavy (non-hydrogen) atoms. The first kappa shape index (κ1) is 27.2. The van der Waals surface area contributed by atoms with E-state index >= 15 is 0 Å². The van der Waals surface area contributed by atoms with Crippen LogP contribution in [0.15, 0.2) is 24.3 Å². The van der Waals surface area contributed by atoms with Gasteiger partial charge in [0, 0.05) is 6.54 Å². The summed E-state index contributed by atoms with van der Waals surface area (Å²) in [5.41, 5.74) is 1.97. The van der Waals surface area contributed by atoms with Crippen molar-refractivity contribution < 1.29 is 14.4 Å². The molecule has 0 bridgehead atoms. The molecule has 194 valence electrons. The Morgan fingerprint density at radius 3 is 2.40 bits per heavy atom. The van der Waals surface area contributed by atoms with Crippen molar-refractivity contribution in [2.75, 3.05) is 13.6 Å². The SMILES string of the molecule is CNC(C)C(=O)NC(C(=O)N1CC(C(C)C)CC1C(=O)NC1CCCc2ccccc21)C(C)(C)C. The molecule has 5 unspecified atom stereocenters. The molecule has 1 aliphatic heterocycles. The van der Waals surface area contributed by atoms with Crippen LogP contribution in [-0.2, 0) is 20.8 Å². The van der Waals surface area contributed by atoms with Crippen LogP contribution in [0.2, 0.25) is 0 Å². The third kappa shape index (κ3) is 6.24. The van der Waals surface area contributed by atoms with Gasteiger partial charge in [0.15, 0.2) is 0 Å². The summed E-state index contributed by atoms with van der Waals surface area (Å²) < 4.78 is 0. The molecule has 7 heteroatoms. The maximum atomic E-state index is 13.9. The highest BCUT2D eigenvalue weighted by Gasteiger charge is 2.46. The van der Waals surface area contributed by atoms with E-state index in [4.69, 9.17) is 0 Å². The minimum absolute atomic E-state index is 0.0305. The zero-order valence-electron chi connectivity index (χ0n) is 22.5. The molecule has 1 aromatic carbocycles. The Morgan fingerprint density at radius 1 is 1.09 bits per heavy atom. The molecule has 5 atom stereocenters. The van der Waals surface area contributed by atoms with Crippen LogP contribution in [0.4, 0.5) is 0 Å². The molecule has 1 aliphatic carbocycles. The van der Waals surface area contributed by atoms with Gasteiger partial charge in [0.2, 0.25) is 17.7 Å². The molecule has 0 radical (unpaired) electrons. The molecular formula is C28H44N4O3. The van der Waals surface area contributed by atoms with Gasteiger partial charge in [-0.05, 0) is 68.0 Å². The predicted molar refractivity (Wildman–Crippen MR) is 139 cm³/mol. The van der Waals surface area contributed by atoms with Crippen LogP contribution in [0.25, 0.3) is 0 Å².